The Balaban J connectivity index is 1.59. The van der Waals surface area contributed by atoms with Gasteiger partial charge < -0.3 is 15.2 Å². The minimum absolute atomic E-state index is 0.0204. The van der Waals surface area contributed by atoms with E-state index in [1.807, 2.05) is 6.07 Å². The van der Waals surface area contributed by atoms with Crippen molar-refractivity contribution < 1.29 is 29.1 Å². The standard InChI is InChI=1S/C21H32N6O6/c28-17(16-8-11-25-33-16)26-21(18(29)30,9-4-5-10-22-19-23-12-13-24-19)27-20(31)32-14-15-6-2-1-3-7-15/h1-3,6-7,16,19,22-25H,4-5,8-14H2,(H,26,28)(H,27,31)(H,29,30). The maximum absolute atomic E-state index is 12.6. The van der Waals surface area contributed by atoms with Crippen molar-refractivity contribution in [3.63, 3.8) is 0 Å². The van der Waals surface area contributed by atoms with Crippen molar-refractivity contribution in [2.24, 2.45) is 0 Å². The first kappa shape index (κ1) is 24.9. The predicted molar refractivity (Wildman–Crippen MR) is 117 cm³/mol. The summed E-state index contributed by atoms with van der Waals surface area (Å²) in [5.41, 5.74) is 1.32. The number of nitrogens with one attached hydrogen (secondary N) is 6. The number of hydroxylamine groups is 1. The van der Waals surface area contributed by atoms with Gasteiger partial charge in [-0.2, -0.15) is 0 Å². The Kier molecular flexibility index (Phi) is 9.39. The number of benzene rings is 1. The lowest BCUT2D eigenvalue weighted by molar-refractivity contribution is -0.152. The highest BCUT2D eigenvalue weighted by atomic mass is 16.7. The van der Waals surface area contributed by atoms with Gasteiger partial charge in [0.25, 0.3) is 5.91 Å². The van der Waals surface area contributed by atoms with Gasteiger partial charge in [0, 0.05) is 26.1 Å². The molecule has 182 valence electrons. The van der Waals surface area contributed by atoms with E-state index >= 15 is 0 Å². The van der Waals surface area contributed by atoms with Gasteiger partial charge in [-0.3, -0.25) is 30.9 Å². The number of aliphatic carboxylic acids is 1. The number of hydrogen-bond acceptors (Lipinski definition) is 9. The van der Waals surface area contributed by atoms with Crippen LogP contribution in [0.3, 0.4) is 0 Å². The summed E-state index contributed by atoms with van der Waals surface area (Å²) < 4.78 is 5.20. The maximum atomic E-state index is 12.6. The van der Waals surface area contributed by atoms with Gasteiger partial charge in [-0.15, -0.1) is 0 Å². The Morgan fingerprint density at radius 3 is 2.52 bits per heavy atom. The lowest BCUT2D eigenvalue weighted by Crippen LogP contribution is -2.67. The third kappa shape index (κ3) is 7.65. The van der Waals surface area contributed by atoms with E-state index in [9.17, 15) is 19.5 Å². The van der Waals surface area contributed by atoms with Gasteiger partial charge >= 0.3 is 12.1 Å². The molecule has 2 heterocycles. The second kappa shape index (κ2) is 12.5. The highest BCUT2D eigenvalue weighted by Crippen LogP contribution is 2.15. The Bertz CT molecular complexity index is 785. The smallest absolute Gasteiger partial charge is 0.409 e. The molecule has 0 spiro atoms. The fraction of sp³-hybridized carbons (Fsp3) is 0.571. The number of carboxylic acids is 1. The zero-order chi connectivity index (χ0) is 23.5. The van der Waals surface area contributed by atoms with E-state index < -0.39 is 29.7 Å². The van der Waals surface area contributed by atoms with E-state index in [1.165, 1.54) is 0 Å². The van der Waals surface area contributed by atoms with Gasteiger partial charge in [0.15, 0.2) is 6.10 Å². The summed E-state index contributed by atoms with van der Waals surface area (Å²) in [4.78, 5) is 42.5. The van der Waals surface area contributed by atoms with Gasteiger partial charge in [-0.25, -0.2) is 15.1 Å². The number of amides is 2. The monoisotopic (exact) mass is 464 g/mol. The predicted octanol–water partition coefficient (Wildman–Crippen LogP) is -0.660. The summed E-state index contributed by atoms with van der Waals surface area (Å²) in [6.07, 6.45) is -0.335. The summed E-state index contributed by atoms with van der Waals surface area (Å²) in [5.74, 6) is -2.01. The first-order valence-corrected chi connectivity index (χ1v) is 11.1. The SMILES string of the molecule is O=C(NC(CCCCNC1NCCN1)(NC(=O)C1CCNO1)C(=O)O)OCc1ccccc1. The first-order chi connectivity index (χ1) is 16.0. The van der Waals surface area contributed by atoms with Crippen molar-refractivity contribution >= 4 is 18.0 Å². The Hall–Kier alpha value is -2.77. The highest BCUT2D eigenvalue weighted by Gasteiger charge is 2.43. The fourth-order valence-electron chi connectivity index (χ4n) is 3.60. The van der Waals surface area contributed by atoms with E-state index in [0.717, 1.165) is 18.7 Å². The van der Waals surface area contributed by atoms with E-state index in [1.54, 1.807) is 24.3 Å². The zero-order valence-corrected chi connectivity index (χ0v) is 18.4. The molecule has 33 heavy (non-hydrogen) atoms. The molecule has 0 saturated carbocycles. The molecule has 0 aliphatic carbocycles. The van der Waals surface area contributed by atoms with Gasteiger partial charge in [-0.05, 0) is 31.4 Å². The number of carbonyl (C=O) groups is 3. The third-order valence-electron chi connectivity index (χ3n) is 5.41. The van der Waals surface area contributed by atoms with Crippen molar-refractivity contribution in [2.75, 3.05) is 26.2 Å². The van der Waals surface area contributed by atoms with E-state index in [4.69, 9.17) is 9.57 Å². The molecule has 7 N–H and O–H groups in total. The topological polar surface area (TPSA) is 162 Å². The van der Waals surface area contributed by atoms with Crippen LogP contribution in [0.4, 0.5) is 4.79 Å². The lowest BCUT2D eigenvalue weighted by atomic mass is 10.0. The average molecular weight is 465 g/mol. The minimum Gasteiger partial charge on any atom is -0.478 e. The van der Waals surface area contributed by atoms with Crippen molar-refractivity contribution in [1.29, 1.82) is 0 Å². The molecule has 3 rings (SSSR count). The third-order valence-corrected chi connectivity index (χ3v) is 5.41. The molecule has 2 amide bonds. The molecule has 1 aromatic rings. The highest BCUT2D eigenvalue weighted by molar-refractivity contribution is 5.91. The van der Waals surface area contributed by atoms with E-state index in [-0.39, 0.29) is 19.3 Å². The van der Waals surface area contributed by atoms with Crippen molar-refractivity contribution in [2.45, 2.75) is 50.3 Å². The number of hydrogen-bond donors (Lipinski definition) is 7. The Labute approximate surface area is 192 Å². The fourth-order valence-corrected chi connectivity index (χ4v) is 3.60. The molecule has 1 aromatic carbocycles. The number of carboxylic acid groups (broad SMARTS) is 1. The van der Waals surface area contributed by atoms with Crippen LogP contribution in [0.2, 0.25) is 0 Å². The Morgan fingerprint density at radius 1 is 1.09 bits per heavy atom. The molecule has 2 aliphatic rings. The van der Waals surface area contributed by atoms with Crippen LogP contribution in [-0.4, -0.2) is 67.3 Å². The zero-order valence-electron chi connectivity index (χ0n) is 18.4. The van der Waals surface area contributed by atoms with Crippen molar-refractivity contribution in [3.05, 3.63) is 35.9 Å². The Morgan fingerprint density at radius 2 is 1.85 bits per heavy atom. The molecule has 2 aliphatic heterocycles. The van der Waals surface area contributed by atoms with Gasteiger partial charge in [-0.1, -0.05) is 30.3 Å². The lowest BCUT2D eigenvalue weighted by Gasteiger charge is -2.32. The number of alkyl carbamates (subject to hydrolysis) is 1. The summed E-state index contributed by atoms with van der Waals surface area (Å²) >= 11 is 0. The molecule has 2 unspecified atom stereocenters. The maximum Gasteiger partial charge on any atom is 0.409 e. The molecule has 12 nitrogen and oxygen atoms in total. The number of carbonyl (C=O) groups excluding carboxylic acids is 2. The molecule has 2 saturated heterocycles. The molecule has 0 radical (unpaired) electrons. The van der Waals surface area contributed by atoms with Crippen LogP contribution in [0.15, 0.2) is 30.3 Å². The van der Waals surface area contributed by atoms with Gasteiger partial charge in [0.1, 0.15) is 12.9 Å². The van der Waals surface area contributed by atoms with Gasteiger partial charge in [0.2, 0.25) is 5.66 Å². The number of rotatable bonds is 12. The molecular formula is C21H32N6O6. The normalized spacial score (nSPS) is 20.2. The quantitative estimate of drug-likeness (QED) is 0.156. The summed E-state index contributed by atoms with van der Waals surface area (Å²) in [5, 5.41) is 24.6. The minimum atomic E-state index is -2.03. The van der Waals surface area contributed by atoms with E-state index in [2.05, 4.69) is 32.1 Å². The second-order valence-corrected chi connectivity index (χ2v) is 7.93. The number of unbranched alkanes of at least 4 members (excludes halogenated alkanes) is 1. The average Bonchev–Trinajstić information content (AvgIpc) is 3.52. The van der Waals surface area contributed by atoms with Crippen molar-refractivity contribution in [1.82, 2.24) is 32.1 Å². The molecule has 0 aromatic heterocycles. The summed E-state index contributed by atoms with van der Waals surface area (Å²) in [7, 11) is 0. The van der Waals surface area contributed by atoms with Crippen molar-refractivity contribution in [3.8, 4) is 0 Å². The molecule has 2 atom stereocenters. The van der Waals surface area contributed by atoms with Crippen LogP contribution in [0.5, 0.6) is 0 Å². The molecular weight excluding hydrogens is 432 g/mol. The van der Waals surface area contributed by atoms with E-state index in [0.29, 0.717) is 32.4 Å². The largest absolute Gasteiger partial charge is 0.478 e. The van der Waals surface area contributed by atoms with Crippen LogP contribution in [-0.2, 0) is 25.8 Å². The summed E-state index contributed by atoms with van der Waals surface area (Å²) in [6, 6.07) is 9.01. The summed E-state index contributed by atoms with van der Waals surface area (Å²) in [6.45, 7) is 2.82. The molecule has 2 fully saturated rings. The van der Waals surface area contributed by atoms with Crippen LogP contribution in [0, 0.1) is 0 Å². The first-order valence-electron chi connectivity index (χ1n) is 11.1. The second-order valence-electron chi connectivity index (χ2n) is 7.93. The number of ether oxygens (including phenoxy) is 1. The van der Waals surface area contributed by atoms with Crippen LogP contribution < -0.4 is 32.1 Å². The van der Waals surface area contributed by atoms with Crippen LogP contribution in [0.25, 0.3) is 0 Å². The van der Waals surface area contributed by atoms with Crippen LogP contribution in [0.1, 0.15) is 31.2 Å². The van der Waals surface area contributed by atoms with Gasteiger partial charge in [0.05, 0.1) is 0 Å². The van der Waals surface area contributed by atoms with Crippen LogP contribution >= 0.6 is 0 Å². The molecule has 12 heteroatoms. The molecule has 0 bridgehead atoms.